The van der Waals surface area contributed by atoms with Gasteiger partial charge in [0.1, 0.15) is 0 Å². The highest BCUT2D eigenvalue weighted by molar-refractivity contribution is 6.31. The van der Waals surface area contributed by atoms with Crippen LogP contribution in [0.1, 0.15) is 48.3 Å². The zero-order chi connectivity index (χ0) is 19.9. The fourth-order valence-corrected chi connectivity index (χ4v) is 3.66. The molecular formula is C23H25ClO4. The lowest BCUT2D eigenvalue weighted by Crippen LogP contribution is -2.31. The highest BCUT2D eigenvalue weighted by Gasteiger charge is 2.34. The minimum Gasteiger partial charge on any atom is -0.481 e. The Bertz CT molecular complexity index is 833. The summed E-state index contributed by atoms with van der Waals surface area (Å²) >= 11 is 6.34. The maximum absolute atomic E-state index is 10.7. The van der Waals surface area contributed by atoms with Gasteiger partial charge in [-0.3, -0.25) is 4.79 Å². The summed E-state index contributed by atoms with van der Waals surface area (Å²) in [6.07, 6.45) is 4.75. The number of carbonyl (C=O) groups is 1. The van der Waals surface area contributed by atoms with E-state index in [0.29, 0.717) is 18.1 Å². The fourth-order valence-electron chi connectivity index (χ4n) is 3.43. The summed E-state index contributed by atoms with van der Waals surface area (Å²) in [5.74, 6) is -0.643. The maximum Gasteiger partial charge on any atom is 0.303 e. The molecule has 2 aromatic rings. The van der Waals surface area contributed by atoms with E-state index >= 15 is 0 Å². The van der Waals surface area contributed by atoms with Crippen LogP contribution in [-0.2, 0) is 14.3 Å². The van der Waals surface area contributed by atoms with Crippen molar-refractivity contribution in [3.63, 3.8) is 0 Å². The second-order valence-electron chi connectivity index (χ2n) is 7.00. The Morgan fingerprint density at radius 3 is 2.57 bits per heavy atom. The molecule has 0 spiro atoms. The van der Waals surface area contributed by atoms with E-state index in [4.69, 9.17) is 26.2 Å². The molecule has 1 unspecified atom stereocenters. The number of hydrogen-bond acceptors (Lipinski definition) is 3. The second kappa shape index (κ2) is 9.87. The summed E-state index contributed by atoms with van der Waals surface area (Å²) in [5, 5.41) is 9.39. The summed E-state index contributed by atoms with van der Waals surface area (Å²) in [4.78, 5) is 10.7. The van der Waals surface area contributed by atoms with E-state index in [1.165, 1.54) is 5.56 Å². The minimum absolute atomic E-state index is 0.125. The average Bonchev–Trinajstić information content (AvgIpc) is 2.68. The van der Waals surface area contributed by atoms with Crippen LogP contribution in [0, 0.1) is 12.8 Å². The molecule has 28 heavy (non-hydrogen) atoms. The number of benzene rings is 2. The molecule has 1 fully saturated rings. The van der Waals surface area contributed by atoms with Gasteiger partial charge < -0.3 is 14.6 Å². The van der Waals surface area contributed by atoms with Crippen molar-refractivity contribution < 1.29 is 19.4 Å². The number of ether oxygens (including phenoxy) is 2. The van der Waals surface area contributed by atoms with E-state index in [-0.39, 0.29) is 18.4 Å². The Morgan fingerprint density at radius 2 is 1.86 bits per heavy atom. The van der Waals surface area contributed by atoms with Gasteiger partial charge in [-0.05, 0) is 37.0 Å². The van der Waals surface area contributed by atoms with Crippen LogP contribution in [0.2, 0.25) is 5.02 Å². The van der Waals surface area contributed by atoms with Gasteiger partial charge in [-0.2, -0.15) is 0 Å². The van der Waals surface area contributed by atoms with Gasteiger partial charge in [0.2, 0.25) is 0 Å². The molecule has 3 atom stereocenters. The largest absolute Gasteiger partial charge is 0.481 e. The summed E-state index contributed by atoms with van der Waals surface area (Å²) in [5.41, 5.74) is 3.15. The molecule has 0 bridgehead atoms. The molecule has 1 aliphatic heterocycles. The predicted molar refractivity (Wildman–Crippen MR) is 109 cm³/mol. The van der Waals surface area contributed by atoms with Crippen LogP contribution in [-0.4, -0.2) is 17.7 Å². The SMILES string of the molecule is Cc1ccccc1[C@H]1OC(c2ccccc2Cl)OC[C@H]1C/C=C\CCC(=O)O. The predicted octanol–water partition coefficient (Wildman–Crippen LogP) is 5.86. The van der Waals surface area contributed by atoms with E-state index < -0.39 is 12.3 Å². The highest BCUT2D eigenvalue weighted by atomic mass is 35.5. The van der Waals surface area contributed by atoms with Crippen molar-refractivity contribution in [3.05, 3.63) is 82.4 Å². The van der Waals surface area contributed by atoms with Gasteiger partial charge in [0, 0.05) is 22.9 Å². The molecule has 5 heteroatoms. The lowest BCUT2D eigenvalue weighted by molar-refractivity contribution is -0.244. The first kappa shape index (κ1) is 20.6. The fraction of sp³-hybridized carbons (Fsp3) is 0.348. The van der Waals surface area contributed by atoms with Crippen molar-refractivity contribution in [2.24, 2.45) is 5.92 Å². The zero-order valence-corrected chi connectivity index (χ0v) is 16.6. The third-order valence-electron chi connectivity index (χ3n) is 4.94. The quantitative estimate of drug-likeness (QED) is 0.591. The molecule has 0 radical (unpaired) electrons. The lowest BCUT2D eigenvalue weighted by Gasteiger charge is -2.37. The molecule has 0 aliphatic carbocycles. The van der Waals surface area contributed by atoms with Crippen LogP contribution in [0.5, 0.6) is 0 Å². The Kier molecular flexibility index (Phi) is 7.26. The van der Waals surface area contributed by atoms with E-state index in [1.807, 2.05) is 48.6 Å². The number of aliphatic carboxylic acids is 1. The Hall–Kier alpha value is -2.14. The van der Waals surface area contributed by atoms with Crippen molar-refractivity contribution in [2.75, 3.05) is 6.61 Å². The van der Waals surface area contributed by atoms with Crippen molar-refractivity contribution >= 4 is 17.6 Å². The number of aryl methyl sites for hydroxylation is 1. The second-order valence-corrected chi connectivity index (χ2v) is 7.41. The van der Waals surface area contributed by atoms with Crippen molar-refractivity contribution in [2.45, 2.75) is 38.6 Å². The zero-order valence-electron chi connectivity index (χ0n) is 15.9. The average molecular weight is 401 g/mol. The molecule has 1 N–H and O–H groups in total. The molecule has 1 saturated heterocycles. The molecule has 0 amide bonds. The van der Waals surface area contributed by atoms with E-state index in [2.05, 4.69) is 19.1 Å². The summed E-state index contributed by atoms with van der Waals surface area (Å²) in [7, 11) is 0. The van der Waals surface area contributed by atoms with Gasteiger partial charge in [0.25, 0.3) is 0 Å². The van der Waals surface area contributed by atoms with Crippen LogP contribution < -0.4 is 0 Å². The Morgan fingerprint density at radius 1 is 1.14 bits per heavy atom. The lowest BCUT2D eigenvalue weighted by atomic mass is 9.89. The summed E-state index contributed by atoms with van der Waals surface area (Å²) < 4.78 is 12.4. The molecule has 1 aliphatic rings. The van der Waals surface area contributed by atoms with Crippen LogP contribution in [0.15, 0.2) is 60.7 Å². The number of carboxylic acids is 1. The molecule has 0 aromatic heterocycles. The van der Waals surface area contributed by atoms with Gasteiger partial charge in [-0.15, -0.1) is 0 Å². The van der Waals surface area contributed by atoms with E-state index in [1.54, 1.807) is 0 Å². The van der Waals surface area contributed by atoms with Gasteiger partial charge >= 0.3 is 5.97 Å². The smallest absolute Gasteiger partial charge is 0.303 e. The van der Waals surface area contributed by atoms with Crippen LogP contribution in [0.3, 0.4) is 0 Å². The highest BCUT2D eigenvalue weighted by Crippen LogP contribution is 2.42. The first-order chi connectivity index (χ1) is 13.6. The summed E-state index contributed by atoms with van der Waals surface area (Å²) in [6.45, 7) is 2.62. The van der Waals surface area contributed by atoms with Crippen molar-refractivity contribution in [1.29, 1.82) is 0 Å². The normalized spacial score (nSPS) is 22.4. The maximum atomic E-state index is 10.7. The first-order valence-electron chi connectivity index (χ1n) is 9.50. The monoisotopic (exact) mass is 400 g/mol. The molecule has 2 aromatic carbocycles. The Labute approximate surface area is 170 Å². The minimum atomic E-state index is -0.783. The number of halogens is 1. The Balaban J connectivity index is 1.77. The molecule has 148 valence electrons. The number of allylic oxidation sites excluding steroid dienone is 2. The van der Waals surface area contributed by atoms with Gasteiger partial charge in [-0.1, -0.05) is 66.2 Å². The molecule has 4 nitrogen and oxygen atoms in total. The molecule has 3 rings (SSSR count). The van der Waals surface area contributed by atoms with Crippen LogP contribution in [0.4, 0.5) is 0 Å². The number of rotatable bonds is 7. The van der Waals surface area contributed by atoms with E-state index in [0.717, 1.165) is 17.5 Å². The molecular weight excluding hydrogens is 376 g/mol. The van der Waals surface area contributed by atoms with Gasteiger partial charge in [-0.25, -0.2) is 0 Å². The summed E-state index contributed by atoms with van der Waals surface area (Å²) in [6, 6.07) is 15.8. The van der Waals surface area contributed by atoms with Crippen molar-refractivity contribution in [1.82, 2.24) is 0 Å². The molecule has 0 saturated carbocycles. The number of hydrogen-bond donors (Lipinski definition) is 1. The third kappa shape index (κ3) is 5.22. The van der Waals surface area contributed by atoms with E-state index in [9.17, 15) is 4.79 Å². The molecule has 1 heterocycles. The van der Waals surface area contributed by atoms with Crippen molar-refractivity contribution in [3.8, 4) is 0 Å². The first-order valence-corrected chi connectivity index (χ1v) is 9.88. The van der Waals surface area contributed by atoms with Crippen LogP contribution >= 0.6 is 11.6 Å². The third-order valence-corrected chi connectivity index (χ3v) is 5.29. The topological polar surface area (TPSA) is 55.8 Å². The van der Waals surface area contributed by atoms with Gasteiger partial charge in [0.05, 0.1) is 12.7 Å². The van der Waals surface area contributed by atoms with Crippen LogP contribution in [0.25, 0.3) is 0 Å². The van der Waals surface area contributed by atoms with Gasteiger partial charge in [0.15, 0.2) is 6.29 Å². The standard InChI is InChI=1S/C23H25ClO4/c1-16-9-5-6-11-18(16)22-17(10-3-2-4-14-21(25)26)15-27-23(28-22)19-12-7-8-13-20(19)24/h2-3,5-9,11-13,17,22-23H,4,10,14-15H2,1H3,(H,25,26)/b3-2-/t17-,22+,23?/m1/s1. The number of carboxylic acid groups (broad SMARTS) is 1.